The van der Waals surface area contributed by atoms with Crippen molar-refractivity contribution in [2.45, 2.75) is 0 Å². The highest BCUT2D eigenvalue weighted by Gasteiger charge is 2.22. The Labute approximate surface area is 141 Å². The summed E-state index contributed by atoms with van der Waals surface area (Å²) in [6.07, 6.45) is 1.64. The first-order chi connectivity index (χ1) is 11.5. The number of phenolic OH excluding ortho intramolecular Hbond substituents is 1. The summed E-state index contributed by atoms with van der Waals surface area (Å²) in [6, 6.07) is 12.8. The fourth-order valence-corrected chi connectivity index (χ4v) is 2.92. The summed E-state index contributed by atoms with van der Waals surface area (Å²) < 4.78 is 0. The Morgan fingerprint density at radius 3 is 2.71 bits per heavy atom. The van der Waals surface area contributed by atoms with E-state index in [1.807, 2.05) is 0 Å². The van der Waals surface area contributed by atoms with Crippen LogP contribution in [0.5, 0.6) is 5.75 Å². The van der Waals surface area contributed by atoms with Gasteiger partial charge in [-0.15, -0.1) is 0 Å². The Bertz CT molecular complexity index is 890. The molecule has 0 aromatic heterocycles. The van der Waals surface area contributed by atoms with Crippen LogP contribution >= 0.6 is 11.8 Å². The molecule has 2 aromatic carbocycles. The van der Waals surface area contributed by atoms with Crippen molar-refractivity contribution in [3.05, 3.63) is 64.6 Å². The molecule has 1 heterocycles. The first-order valence-electron chi connectivity index (χ1n) is 6.93. The number of aliphatic imine (C=N–C) groups is 1. The van der Waals surface area contributed by atoms with Crippen LogP contribution in [0.4, 0.5) is 5.69 Å². The van der Waals surface area contributed by atoms with Gasteiger partial charge in [-0.3, -0.25) is 4.79 Å². The Kier molecular flexibility index (Phi) is 4.35. The minimum atomic E-state index is -1.03. The van der Waals surface area contributed by atoms with E-state index in [-0.39, 0.29) is 17.2 Å². The molecular formula is C17H12N2O4S. The number of rotatable bonds is 3. The molecule has 0 spiro atoms. The minimum Gasteiger partial charge on any atom is -0.508 e. The predicted octanol–water partition coefficient (Wildman–Crippen LogP) is 3.17. The van der Waals surface area contributed by atoms with Gasteiger partial charge in [0.1, 0.15) is 5.75 Å². The van der Waals surface area contributed by atoms with Gasteiger partial charge in [0.25, 0.3) is 5.91 Å². The van der Waals surface area contributed by atoms with Crippen LogP contribution in [0.25, 0.3) is 6.08 Å². The summed E-state index contributed by atoms with van der Waals surface area (Å²) in [4.78, 5) is 27.3. The topological polar surface area (TPSA) is 99.0 Å². The molecule has 0 radical (unpaired) electrons. The summed E-state index contributed by atoms with van der Waals surface area (Å²) in [6.45, 7) is 0. The van der Waals surface area contributed by atoms with Crippen LogP contribution in [0.1, 0.15) is 15.9 Å². The molecule has 0 saturated heterocycles. The first kappa shape index (κ1) is 15.8. The van der Waals surface area contributed by atoms with Crippen LogP contribution in [0.2, 0.25) is 0 Å². The summed E-state index contributed by atoms with van der Waals surface area (Å²) in [5.41, 5.74) is 1.37. The number of aromatic hydroxyl groups is 1. The fourth-order valence-electron chi connectivity index (χ4n) is 2.08. The third-order valence-electron chi connectivity index (χ3n) is 3.15. The van der Waals surface area contributed by atoms with Gasteiger partial charge >= 0.3 is 5.97 Å². The van der Waals surface area contributed by atoms with E-state index in [4.69, 9.17) is 5.11 Å². The SMILES string of the molecule is O=C1N=C(Nc2cccc(C(=O)O)c2)S/C1=C/c1cccc(O)c1. The fraction of sp³-hybridized carbons (Fsp3) is 0. The van der Waals surface area contributed by atoms with E-state index >= 15 is 0 Å². The molecule has 120 valence electrons. The van der Waals surface area contributed by atoms with Crippen LogP contribution in [0.15, 0.2) is 58.4 Å². The van der Waals surface area contributed by atoms with Crippen LogP contribution in [-0.2, 0) is 4.79 Å². The Morgan fingerprint density at radius 1 is 1.17 bits per heavy atom. The highest BCUT2D eigenvalue weighted by Crippen LogP contribution is 2.30. The van der Waals surface area contributed by atoms with Crippen molar-refractivity contribution in [3.8, 4) is 5.75 Å². The number of benzene rings is 2. The van der Waals surface area contributed by atoms with Gasteiger partial charge in [0.05, 0.1) is 10.5 Å². The van der Waals surface area contributed by atoms with Crippen molar-refractivity contribution in [3.63, 3.8) is 0 Å². The Morgan fingerprint density at radius 2 is 1.96 bits per heavy atom. The van der Waals surface area contributed by atoms with Crippen molar-refractivity contribution < 1.29 is 19.8 Å². The number of thioether (sulfide) groups is 1. The molecule has 3 rings (SSSR count). The van der Waals surface area contributed by atoms with E-state index in [1.165, 1.54) is 12.1 Å². The highest BCUT2D eigenvalue weighted by molar-refractivity contribution is 8.18. The third-order valence-corrected chi connectivity index (χ3v) is 4.05. The lowest BCUT2D eigenvalue weighted by molar-refractivity contribution is -0.113. The largest absolute Gasteiger partial charge is 0.508 e. The van der Waals surface area contributed by atoms with Crippen LogP contribution in [0.3, 0.4) is 0 Å². The molecule has 1 aliphatic rings. The molecule has 0 aliphatic carbocycles. The zero-order chi connectivity index (χ0) is 17.1. The molecule has 1 aliphatic heterocycles. The summed E-state index contributed by atoms with van der Waals surface area (Å²) >= 11 is 1.15. The molecular weight excluding hydrogens is 328 g/mol. The second-order valence-electron chi connectivity index (χ2n) is 4.94. The van der Waals surface area contributed by atoms with Crippen LogP contribution in [-0.4, -0.2) is 27.3 Å². The summed E-state index contributed by atoms with van der Waals surface area (Å²) in [5.74, 6) is -1.30. The monoisotopic (exact) mass is 340 g/mol. The molecule has 0 fully saturated rings. The van der Waals surface area contributed by atoms with Gasteiger partial charge in [-0.2, -0.15) is 4.99 Å². The highest BCUT2D eigenvalue weighted by atomic mass is 32.2. The molecule has 0 saturated carbocycles. The number of anilines is 1. The molecule has 6 nitrogen and oxygen atoms in total. The maximum absolute atomic E-state index is 12.0. The van der Waals surface area contributed by atoms with Crippen LogP contribution in [0, 0.1) is 0 Å². The van der Waals surface area contributed by atoms with Crippen molar-refractivity contribution in [1.82, 2.24) is 0 Å². The number of amidine groups is 1. The number of carboxylic acid groups (broad SMARTS) is 1. The summed E-state index contributed by atoms with van der Waals surface area (Å²) in [7, 11) is 0. The lowest BCUT2D eigenvalue weighted by Gasteiger charge is -2.05. The van der Waals surface area contributed by atoms with E-state index in [0.717, 1.165) is 11.8 Å². The molecule has 0 atom stereocenters. The van der Waals surface area contributed by atoms with Crippen molar-refractivity contribution >= 4 is 40.6 Å². The normalized spacial score (nSPS) is 15.4. The smallest absolute Gasteiger partial charge is 0.335 e. The lowest BCUT2D eigenvalue weighted by Crippen LogP contribution is -2.06. The maximum atomic E-state index is 12.0. The third kappa shape index (κ3) is 3.64. The number of carbonyl (C=O) groups excluding carboxylic acids is 1. The molecule has 0 bridgehead atoms. The van der Waals surface area contributed by atoms with Gasteiger partial charge in [0.2, 0.25) is 0 Å². The zero-order valence-corrected chi connectivity index (χ0v) is 13.1. The van der Waals surface area contributed by atoms with Gasteiger partial charge in [-0.25, -0.2) is 4.79 Å². The molecule has 3 N–H and O–H groups in total. The number of phenols is 1. The number of hydrogen-bond donors (Lipinski definition) is 3. The van der Waals surface area contributed by atoms with Gasteiger partial charge in [0, 0.05) is 5.69 Å². The zero-order valence-electron chi connectivity index (χ0n) is 12.3. The number of nitrogens with zero attached hydrogens (tertiary/aromatic N) is 1. The van der Waals surface area contributed by atoms with E-state index in [2.05, 4.69) is 10.3 Å². The second-order valence-corrected chi connectivity index (χ2v) is 5.97. The van der Waals surface area contributed by atoms with E-state index < -0.39 is 5.97 Å². The van der Waals surface area contributed by atoms with Crippen molar-refractivity contribution in [1.29, 1.82) is 0 Å². The average Bonchev–Trinajstić information content (AvgIpc) is 2.87. The second kappa shape index (κ2) is 6.59. The van der Waals surface area contributed by atoms with E-state index in [0.29, 0.717) is 21.3 Å². The number of carbonyl (C=O) groups is 2. The first-order valence-corrected chi connectivity index (χ1v) is 7.75. The lowest BCUT2D eigenvalue weighted by atomic mass is 10.2. The molecule has 24 heavy (non-hydrogen) atoms. The molecule has 2 aromatic rings. The van der Waals surface area contributed by atoms with Gasteiger partial charge in [-0.05, 0) is 53.7 Å². The number of amides is 1. The molecule has 7 heteroatoms. The number of carboxylic acids is 1. The van der Waals surface area contributed by atoms with E-state index in [9.17, 15) is 14.7 Å². The van der Waals surface area contributed by atoms with Gasteiger partial charge < -0.3 is 15.5 Å². The van der Waals surface area contributed by atoms with Gasteiger partial charge in [0.15, 0.2) is 5.17 Å². The molecule has 1 amide bonds. The standard InChI is InChI=1S/C17H12N2O4S/c20-13-6-1-3-10(7-13)8-14-15(21)19-17(24-14)18-12-5-2-4-11(9-12)16(22)23/h1-9,20H,(H,22,23)(H,18,19,21)/b14-8+. The predicted molar refractivity (Wildman–Crippen MR) is 93.1 cm³/mol. The Balaban J connectivity index is 1.76. The van der Waals surface area contributed by atoms with Gasteiger partial charge in [-0.1, -0.05) is 18.2 Å². The molecule has 0 unspecified atom stereocenters. The number of hydrogen-bond acceptors (Lipinski definition) is 5. The van der Waals surface area contributed by atoms with E-state index in [1.54, 1.807) is 42.5 Å². The minimum absolute atomic E-state index is 0.115. The van der Waals surface area contributed by atoms with Crippen molar-refractivity contribution in [2.24, 2.45) is 4.99 Å². The number of nitrogens with one attached hydrogen (secondary N) is 1. The average molecular weight is 340 g/mol. The van der Waals surface area contributed by atoms with Crippen LogP contribution < -0.4 is 5.32 Å². The maximum Gasteiger partial charge on any atom is 0.335 e. The quantitative estimate of drug-likeness (QED) is 0.742. The van der Waals surface area contributed by atoms with Crippen molar-refractivity contribution in [2.75, 3.05) is 5.32 Å². The number of aromatic carboxylic acids is 1. The Hall–Kier alpha value is -3.06. The summed E-state index contributed by atoms with van der Waals surface area (Å²) in [5, 5.41) is 21.8.